The Morgan fingerprint density at radius 1 is 1.15 bits per heavy atom. The minimum Gasteiger partial charge on any atom is -0.497 e. The summed E-state index contributed by atoms with van der Waals surface area (Å²) in [6.45, 7) is 2.53. The second-order valence-electron chi connectivity index (χ2n) is 5.96. The molecule has 1 amide bonds. The average molecular weight is 351 g/mol. The molecule has 3 rings (SSSR count). The van der Waals surface area contributed by atoms with Crippen LogP contribution in [-0.4, -0.2) is 22.8 Å². The van der Waals surface area contributed by atoms with Gasteiger partial charge in [-0.3, -0.25) is 9.59 Å². The number of nitrogens with one attached hydrogen (secondary N) is 1. The number of hydrogen-bond acceptors (Lipinski definition) is 4. The van der Waals surface area contributed by atoms with Gasteiger partial charge in [0.2, 0.25) is 0 Å². The van der Waals surface area contributed by atoms with E-state index in [2.05, 4.69) is 10.4 Å². The fraction of sp³-hybridized carbons (Fsp3) is 0.250. The zero-order valence-corrected chi connectivity index (χ0v) is 14.9. The van der Waals surface area contributed by atoms with Crippen LogP contribution in [0.4, 0.5) is 5.69 Å². The van der Waals surface area contributed by atoms with Gasteiger partial charge in [-0.2, -0.15) is 5.10 Å². The van der Waals surface area contributed by atoms with Crippen LogP contribution in [0.25, 0.3) is 10.8 Å². The Labute approximate surface area is 151 Å². The van der Waals surface area contributed by atoms with Crippen molar-refractivity contribution in [2.24, 2.45) is 0 Å². The Bertz CT molecular complexity index is 995. The van der Waals surface area contributed by atoms with Crippen LogP contribution < -0.4 is 15.6 Å². The van der Waals surface area contributed by atoms with Gasteiger partial charge in [-0.25, -0.2) is 4.68 Å². The summed E-state index contributed by atoms with van der Waals surface area (Å²) in [4.78, 5) is 25.4. The first kappa shape index (κ1) is 17.7. The number of hydrogen-bond donors (Lipinski definition) is 1. The highest BCUT2D eigenvalue weighted by Crippen LogP contribution is 2.19. The first-order valence-corrected chi connectivity index (χ1v) is 8.59. The third-order valence-electron chi connectivity index (χ3n) is 4.13. The number of anilines is 1. The first-order chi connectivity index (χ1) is 12.6. The van der Waals surface area contributed by atoms with Crippen LogP contribution in [0.15, 0.2) is 53.3 Å². The maximum Gasteiger partial charge on any atom is 0.276 e. The number of carbonyl (C=O) groups is 1. The predicted molar refractivity (Wildman–Crippen MR) is 102 cm³/mol. The summed E-state index contributed by atoms with van der Waals surface area (Å²) in [5.41, 5.74) is 0.664. The smallest absolute Gasteiger partial charge is 0.276 e. The Hall–Kier alpha value is -3.15. The molecule has 0 aliphatic rings. The van der Waals surface area contributed by atoms with Crippen molar-refractivity contribution in [1.29, 1.82) is 0 Å². The lowest BCUT2D eigenvalue weighted by molar-refractivity contribution is 0.102. The lowest BCUT2D eigenvalue weighted by Crippen LogP contribution is -2.27. The van der Waals surface area contributed by atoms with Gasteiger partial charge in [0.15, 0.2) is 5.69 Å². The molecule has 0 aliphatic heterocycles. The van der Waals surface area contributed by atoms with Crippen LogP contribution in [0.1, 0.15) is 30.3 Å². The number of aromatic nitrogens is 2. The molecule has 0 spiro atoms. The average Bonchev–Trinajstić information content (AvgIpc) is 2.67. The highest BCUT2D eigenvalue weighted by molar-refractivity contribution is 6.11. The molecule has 26 heavy (non-hydrogen) atoms. The van der Waals surface area contributed by atoms with E-state index >= 15 is 0 Å². The molecule has 0 unspecified atom stereocenters. The van der Waals surface area contributed by atoms with E-state index in [0.717, 1.165) is 12.8 Å². The van der Waals surface area contributed by atoms with Gasteiger partial charge in [0.25, 0.3) is 11.5 Å². The summed E-state index contributed by atoms with van der Waals surface area (Å²) in [5, 5.41) is 8.21. The Morgan fingerprint density at radius 2 is 1.92 bits per heavy atom. The Balaban J connectivity index is 2.03. The molecule has 6 heteroatoms. The molecule has 0 radical (unpaired) electrons. The summed E-state index contributed by atoms with van der Waals surface area (Å²) in [6.07, 6.45) is 1.76. The number of aryl methyl sites for hydroxylation is 1. The van der Waals surface area contributed by atoms with Crippen molar-refractivity contribution < 1.29 is 9.53 Å². The normalized spacial score (nSPS) is 10.7. The monoisotopic (exact) mass is 351 g/mol. The topological polar surface area (TPSA) is 73.2 Å². The van der Waals surface area contributed by atoms with Gasteiger partial charge in [0.05, 0.1) is 12.5 Å². The standard InChI is InChI=1S/C20H21N3O3/c1-3-4-12-23-20(25)17-11-6-5-10-16(17)18(22-23)19(24)21-14-8-7-9-15(13-14)26-2/h5-11,13H,3-4,12H2,1-2H3,(H,21,24). The largest absolute Gasteiger partial charge is 0.497 e. The molecule has 1 heterocycles. The number of fused-ring (bicyclic) bond motifs is 1. The van der Waals surface area contributed by atoms with Crippen molar-refractivity contribution in [2.75, 3.05) is 12.4 Å². The SMILES string of the molecule is CCCCn1nc(C(=O)Nc2cccc(OC)c2)c2ccccc2c1=O. The second-order valence-corrected chi connectivity index (χ2v) is 5.96. The van der Waals surface area contributed by atoms with E-state index in [0.29, 0.717) is 28.8 Å². The molecule has 0 atom stereocenters. The quantitative estimate of drug-likeness (QED) is 0.738. The highest BCUT2D eigenvalue weighted by Gasteiger charge is 2.17. The van der Waals surface area contributed by atoms with Gasteiger partial charge in [0, 0.05) is 23.7 Å². The maximum atomic E-state index is 12.8. The van der Waals surface area contributed by atoms with Crippen LogP contribution >= 0.6 is 0 Å². The molecule has 0 bridgehead atoms. The summed E-state index contributed by atoms with van der Waals surface area (Å²) < 4.78 is 6.56. The van der Waals surface area contributed by atoms with Crippen molar-refractivity contribution in [3.05, 3.63) is 64.6 Å². The number of carbonyl (C=O) groups excluding carboxylic acids is 1. The molecule has 6 nitrogen and oxygen atoms in total. The van der Waals surface area contributed by atoms with Crippen LogP contribution in [0.3, 0.4) is 0 Å². The van der Waals surface area contributed by atoms with Gasteiger partial charge in [-0.05, 0) is 24.6 Å². The van der Waals surface area contributed by atoms with Crippen molar-refractivity contribution in [2.45, 2.75) is 26.3 Å². The van der Waals surface area contributed by atoms with Gasteiger partial charge in [-0.15, -0.1) is 0 Å². The highest BCUT2D eigenvalue weighted by atomic mass is 16.5. The number of benzene rings is 2. The number of unbranched alkanes of at least 4 members (excludes halogenated alkanes) is 1. The third-order valence-corrected chi connectivity index (χ3v) is 4.13. The number of ether oxygens (including phenoxy) is 1. The Kier molecular flexibility index (Phi) is 5.31. The summed E-state index contributed by atoms with van der Waals surface area (Å²) in [6, 6.07) is 14.2. The van der Waals surface area contributed by atoms with E-state index < -0.39 is 0 Å². The minimum absolute atomic E-state index is 0.174. The van der Waals surface area contributed by atoms with E-state index in [1.165, 1.54) is 4.68 Å². The minimum atomic E-state index is -0.361. The van der Waals surface area contributed by atoms with Gasteiger partial charge < -0.3 is 10.1 Å². The summed E-state index contributed by atoms with van der Waals surface area (Å²) in [7, 11) is 1.57. The molecular weight excluding hydrogens is 330 g/mol. The molecule has 0 saturated carbocycles. The van der Waals surface area contributed by atoms with Gasteiger partial charge >= 0.3 is 0 Å². The molecule has 134 valence electrons. The van der Waals surface area contributed by atoms with Crippen LogP contribution in [0.2, 0.25) is 0 Å². The number of amides is 1. The molecule has 3 aromatic rings. The van der Waals surface area contributed by atoms with E-state index in [1.807, 2.05) is 6.92 Å². The molecule has 2 aromatic carbocycles. The van der Waals surface area contributed by atoms with E-state index in [-0.39, 0.29) is 17.2 Å². The van der Waals surface area contributed by atoms with Crippen molar-refractivity contribution in [3.63, 3.8) is 0 Å². The zero-order chi connectivity index (χ0) is 18.5. The second kappa shape index (κ2) is 7.82. The van der Waals surface area contributed by atoms with Gasteiger partial charge in [-0.1, -0.05) is 37.6 Å². The first-order valence-electron chi connectivity index (χ1n) is 8.59. The van der Waals surface area contributed by atoms with Crippen LogP contribution in [-0.2, 0) is 6.54 Å². The van der Waals surface area contributed by atoms with E-state index in [1.54, 1.807) is 55.6 Å². The van der Waals surface area contributed by atoms with Crippen LogP contribution in [0, 0.1) is 0 Å². The van der Waals surface area contributed by atoms with Gasteiger partial charge in [0.1, 0.15) is 5.75 Å². The molecule has 1 aromatic heterocycles. The maximum absolute atomic E-state index is 12.8. The lowest BCUT2D eigenvalue weighted by Gasteiger charge is -2.11. The molecular formula is C20H21N3O3. The zero-order valence-electron chi connectivity index (χ0n) is 14.9. The Morgan fingerprint density at radius 3 is 2.65 bits per heavy atom. The van der Waals surface area contributed by atoms with Crippen molar-refractivity contribution >= 4 is 22.4 Å². The van der Waals surface area contributed by atoms with Crippen molar-refractivity contribution in [1.82, 2.24) is 9.78 Å². The van der Waals surface area contributed by atoms with E-state index in [4.69, 9.17) is 4.74 Å². The summed E-state index contributed by atoms with van der Waals surface area (Å²) in [5.74, 6) is 0.285. The predicted octanol–water partition coefficient (Wildman–Crippen LogP) is 3.46. The number of methoxy groups -OCH3 is 1. The molecule has 0 saturated heterocycles. The third kappa shape index (κ3) is 3.59. The number of nitrogens with zero attached hydrogens (tertiary/aromatic N) is 2. The van der Waals surface area contributed by atoms with E-state index in [9.17, 15) is 9.59 Å². The number of rotatable bonds is 6. The van der Waals surface area contributed by atoms with Crippen LogP contribution in [0.5, 0.6) is 5.75 Å². The molecule has 1 N–H and O–H groups in total. The molecule has 0 fully saturated rings. The summed E-state index contributed by atoms with van der Waals surface area (Å²) >= 11 is 0. The fourth-order valence-corrected chi connectivity index (χ4v) is 2.75. The lowest BCUT2D eigenvalue weighted by atomic mass is 10.1. The fourth-order valence-electron chi connectivity index (χ4n) is 2.75. The molecule has 0 aliphatic carbocycles. The van der Waals surface area contributed by atoms with Crippen molar-refractivity contribution in [3.8, 4) is 5.75 Å².